The van der Waals surface area contributed by atoms with Gasteiger partial charge in [-0.25, -0.2) is 0 Å². The van der Waals surface area contributed by atoms with E-state index in [0.29, 0.717) is 29.4 Å². The standard InChI is InChI=1S/C18H20N2O3.ClH/c1-3-23-17-9-15(6-7-16(17)22-2)20-18(21)12-4-5-13-10-19-11-14(13)8-12;/h4-9,19H,3,10-11H2,1-2H3,(H,20,21);1H. The van der Waals surface area contributed by atoms with Crippen molar-refractivity contribution in [1.29, 1.82) is 0 Å². The minimum Gasteiger partial charge on any atom is -0.493 e. The predicted molar refractivity (Wildman–Crippen MR) is 96.3 cm³/mol. The number of carbonyl (C=O) groups is 1. The van der Waals surface area contributed by atoms with Crippen molar-refractivity contribution < 1.29 is 14.3 Å². The van der Waals surface area contributed by atoms with Crippen molar-refractivity contribution in [2.75, 3.05) is 19.0 Å². The second-order valence-corrected chi connectivity index (χ2v) is 5.34. The molecule has 0 aromatic heterocycles. The molecule has 0 aliphatic carbocycles. The highest BCUT2D eigenvalue weighted by Gasteiger charge is 2.14. The van der Waals surface area contributed by atoms with Crippen molar-refractivity contribution in [3.63, 3.8) is 0 Å². The van der Waals surface area contributed by atoms with Crippen LogP contribution in [-0.2, 0) is 13.1 Å². The van der Waals surface area contributed by atoms with Gasteiger partial charge in [0.15, 0.2) is 11.5 Å². The van der Waals surface area contributed by atoms with Crippen LogP contribution in [0, 0.1) is 0 Å². The summed E-state index contributed by atoms with van der Waals surface area (Å²) in [5.41, 5.74) is 3.77. The fourth-order valence-electron chi connectivity index (χ4n) is 2.66. The zero-order valence-electron chi connectivity index (χ0n) is 13.7. The number of hydrogen-bond acceptors (Lipinski definition) is 4. The number of carbonyl (C=O) groups excluding carboxylic acids is 1. The van der Waals surface area contributed by atoms with Gasteiger partial charge in [-0.3, -0.25) is 4.79 Å². The Labute approximate surface area is 147 Å². The molecular weight excluding hydrogens is 328 g/mol. The lowest BCUT2D eigenvalue weighted by Crippen LogP contribution is -2.12. The Morgan fingerprint density at radius 2 is 1.92 bits per heavy atom. The molecule has 1 aliphatic heterocycles. The number of fused-ring (bicyclic) bond motifs is 1. The molecule has 0 radical (unpaired) electrons. The van der Waals surface area contributed by atoms with E-state index in [4.69, 9.17) is 9.47 Å². The van der Waals surface area contributed by atoms with Crippen LogP contribution in [-0.4, -0.2) is 19.6 Å². The molecule has 1 aliphatic rings. The van der Waals surface area contributed by atoms with Crippen LogP contribution in [0.15, 0.2) is 36.4 Å². The zero-order valence-corrected chi connectivity index (χ0v) is 14.5. The molecule has 1 heterocycles. The highest BCUT2D eigenvalue weighted by atomic mass is 35.5. The molecule has 0 atom stereocenters. The molecule has 24 heavy (non-hydrogen) atoms. The van der Waals surface area contributed by atoms with E-state index in [9.17, 15) is 4.79 Å². The average Bonchev–Trinajstić information content (AvgIpc) is 3.03. The van der Waals surface area contributed by atoms with Gasteiger partial charge in [-0.15, -0.1) is 12.4 Å². The second kappa shape index (κ2) is 8.04. The molecule has 0 fully saturated rings. The van der Waals surface area contributed by atoms with Gasteiger partial charge in [0.25, 0.3) is 5.91 Å². The zero-order chi connectivity index (χ0) is 16.2. The van der Waals surface area contributed by atoms with E-state index in [1.54, 1.807) is 25.3 Å². The molecule has 2 aromatic carbocycles. The maximum Gasteiger partial charge on any atom is 0.255 e. The molecular formula is C18H21ClN2O3. The first-order chi connectivity index (χ1) is 11.2. The largest absolute Gasteiger partial charge is 0.493 e. The van der Waals surface area contributed by atoms with Crippen LogP contribution in [0.5, 0.6) is 11.5 Å². The molecule has 0 unspecified atom stereocenters. The third-order valence-corrected chi connectivity index (χ3v) is 3.82. The van der Waals surface area contributed by atoms with Crippen molar-refractivity contribution in [2.24, 2.45) is 0 Å². The van der Waals surface area contributed by atoms with E-state index in [1.807, 2.05) is 25.1 Å². The van der Waals surface area contributed by atoms with E-state index in [1.165, 1.54) is 11.1 Å². The quantitative estimate of drug-likeness (QED) is 0.869. The number of anilines is 1. The molecule has 6 heteroatoms. The Morgan fingerprint density at radius 1 is 1.12 bits per heavy atom. The van der Waals surface area contributed by atoms with Gasteiger partial charge in [-0.2, -0.15) is 0 Å². The van der Waals surface area contributed by atoms with Crippen molar-refractivity contribution >= 4 is 24.0 Å². The summed E-state index contributed by atoms with van der Waals surface area (Å²) in [4.78, 5) is 12.4. The monoisotopic (exact) mass is 348 g/mol. The Balaban J connectivity index is 0.00000208. The van der Waals surface area contributed by atoms with Gasteiger partial charge >= 0.3 is 0 Å². The molecule has 128 valence electrons. The van der Waals surface area contributed by atoms with Gasteiger partial charge in [-0.1, -0.05) is 6.07 Å². The lowest BCUT2D eigenvalue weighted by atomic mass is 10.1. The van der Waals surface area contributed by atoms with Crippen molar-refractivity contribution in [3.05, 3.63) is 53.1 Å². The van der Waals surface area contributed by atoms with E-state index in [-0.39, 0.29) is 18.3 Å². The van der Waals surface area contributed by atoms with Gasteiger partial charge in [0.05, 0.1) is 13.7 Å². The SMILES string of the molecule is CCOc1cc(NC(=O)c2ccc3c(c2)CNC3)ccc1OC.Cl. The van der Waals surface area contributed by atoms with Gasteiger partial charge in [0.2, 0.25) is 0 Å². The Bertz CT molecular complexity index is 734. The second-order valence-electron chi connectivity index (χ2n) is 5.34. The van der Waals surface area contributed by atoms with E-state index in [2.05, 4.69) is 10.6 Å². The molecule has 0 spiro atoms. The molecule has 0 saturated carbocycles. The van der Waals surface area contributed by atoms with E-state index >= 15 is 0 Å². The maximum atomic E-state index is 12.4. The number of methoxy groups -OCH3 is 1. The van der Waals surface area contributed by atoms with Gasteiger partial charge in [-0.05, 0) is 42.3 Å². The van der Waals surface area contributed by atoms with Crippen molar-refractivity contribution in [2.45, 2.75) is 20.0 Å². The summed E-state index contributed by atoms with van der Waals surface area (Å²) >= 11 is 0. The van der Waals surface area contributed by atoms with Crippen LogP contribution in [0.2, 0.25) is 0 Å². The molecule has 0 bridgehead atoms. The lowest BCUT2D eigenvalue weighted by Gasteiger charge is -2.12. The summed E-state index contributed by atoms with van der Waals surface area (Å²) < 4.78 is 10.8. The van der Waals surface area contributed by atoms with E-state index < -0.39 is 0 Å². The fourth-order valence-corrected chi connectivity index (χ4v) is 2.66. The van der Waals surface area contributed by atoms with Crippen LogP contribution in [0.1, 0.15) is 28.4 Å². The summed E-state index contributed by atoms with van der Waals surface area (Å²) in [5, 5.41) is 6.18. The topological polar surface area (TPSA) is 59.6 Å². The van der Waals surface area contributed by atoms with Crippen molar-refractivity contribution in [1.82, 2.24) is 5.32 Å². The smallest absolute Gasteiger partial charge is 0.255 e. The van der Waals surface area contributed by atoms with E-state index in [0.717, 1.165) is 13.1 Å². The molecule has 2 N–H and O–H groups in total. The number of hydrogen-bond donors (Lipinski definition) is 2. The van der Waals surface area contributed by atoms with Gasteiger partial charge < -0.3 is 20.1 Å². The Kier molecular flexibility index (Phi) is 6.06. The Morgan fingerprint density at radius 3 is 2.67 bits per heavy atom. The number of amides is 1. The summed E-state index contributed by atoms with van der Waals surface area (Å²) in [7, 11) is 1.59. The normalized spacial score (nSPS) is 12.1. The number of halogens is 1. The highest BCUT2D eigenvalue weighted by molar-refractivity contribution is 6.04. The van der Waals surface area contributed by atoms with Crippen LogP contribution in [0.3, 0.4) is 0 Å². The number of ether oxygens (including phenoxy) is 2. The first kappa shape index (κ1) is 18.1. The number of benzene rings is 2. The highest BCUT2D eigenvalue weighted by Crippen LogP contribution is 2.30. The fraction of sp³-hybridized carbons (Fsp3) is 0.278. The Hall–Kier alpha value is -2.24. The molecule has 3 rings (SSSR count). The van der Waals surface area contributed by atoms with Gasteiger partial charge in [0.1, 0.15) is 0 Å². The van der Waals surface area contributed by atoms with Crippen LogP contribution in [0.4, 0.5) is 5.69 Å². The molecule has 1 amide bonds. The van der Waals surface area contributed by atoms with Crippen LogP contribution < -0.4 is 20.1 Å². The first-order valence-electron chi connectivity index (χ1n) is 7.66. The predicted octanol–water partition coefficient (Wildman–Crippen LogP) is 3.37. The lowest BCUT2D eigenvalue weighted by molar-refractivity contribution is 0.102. The maximum absolute atomic E-state index is 12.4. The first-order valence-corrected chi connectivity index (χ1v) is 7.66. The third-order valence-electron chi connectivity index (χ3n) is 3.82. The summed E-state index contributed by atoms with van der Waals surface area (Å²) in [5.74, 6) is 1.13. The van der Waals surface area contributed by atoms with Crippen LogP contribution in [0.25, 0.3) is 0 Å². The number of rotatable bonds is 5. The summed E-state index contributed by atoms with van der Waals surface area (Å²) in [6, 6.07) is 11.2. The third kappa shape index (κ3) is 3.80. The molecule has 2 aromatic rings. The number of nitrogens with one attached hydrogen (secondary N) is 2. The molecule has 5 nitrogen and oxygen atoms in total. The molecule has 0 saturated heterocycles. The van der Waals surface area contributed by atoms with Crippen LogP contribution >= 0.6 is 12.4 Å². The average molecular weight is 349 g/mol. The minimum atomic E-state index is -0.132. The van der Waals surface area contributed by atoms with Gasteiger partial charge in [0, 0.05) is 30.4 Å². The minimum absolute atomic E-state index is 0. The van der Waals surface area contributed by atoms with Crippen molar-refractivity contribution in [3.8, 4) is 11.5 Å². The summed E-state index contributed by atoms with van der Waals surface area (Å²) in [6.07, 6.45) is 0. The summed E-state index contributed by atoms with van der Waals surface area (Å²) in [6.45, 7) is 4.12.